The summed E-state index contributed by atoms with van der Waals surface area (Å²) in [6.45, 7) is 7.29. The van der Waals surface area contributed by atoms with Gasteiger partial charge in [0.05, 0.1) is 19.3 Å². The summed E-state index contributed by atoms with van der Waals surface area (Å²) in [5.74, 6) is 1.37. The molecule has 0 spiro atoms. The molecule has 1 aromatic rings. The molecule has 0 heterocycles. The summed E-state index contributed by atoms with van der Waals surface area (Å²) in [5, 5.41) is 2.90. The molecule has 0 fully saturated rings. The van der Waals surface area contributed by atoms with Crippen molar-refractivity contribution in [2.75, 3.05) is 19.8 Å². The van der Waals surface area contributed by atoms with Crippen molar-refractivity contribution in [3.8, 4) is 11.5 Å². The molecule has 5 nitrogen and oxygen atoms in total. The lowest BCUT2D eigenvalue weighted by molar-refractivity contribution is -0.121. The molecule has 20 heavy (non-hydrogen) atoms. The third-order valence-corrected chi connectivity index (χ3v) is 2.82. The zero-order chi connectivity index (χ0) is 15.0. The van der Waals surface area contributed by atoms with Gasteiger partial charge in [-0.05, 0) is 38.5 Å². The highest BCUT2D eigenvalue weighted by Gasteiger charge is 2.12. The predicted octanol–water partition coefficient (Wildman–Crippen LogP) is 2.01. The van der Waals surface area contributed by atoms with Crippen molar-refractivity contribution in [1.82, 2.24) is 5.32 Å². The first-order valence-corrected chi connectivity index (χ1v) is 7.01. The fourth-order valence-corrected chi connectivity index (χ4v) is 1.87. The number of hydrogen-bond acceptors (Lipinski definition) is 4. The summed E-state index contributed by atoms with van der Waals surface area (Å²) >= 11 is 0. The first kappa shape index (κ1) is 16.3. The maximum atomic E-state index is 11.6. The van der Waals surface area contributed by atoms with Crippen LogP contribution in [-0.4, -0.2) is 25.7 Å². The minimum Gasteiger partial charge on any atom is -0.490 e. The predicted molar refractivity (Wildman–Crippen MR) is 79.0 cm³/mol. The topological polar surface area (TPSA) is 73.6 Å². The summed E-state index contributed by atoms with van der Waals surface area (Å²) in [6, 6.07) is 5.61. The zero-order valence-electron chi connectivity index (χ0n) is 12.4. The molecule has 5 heteroatoms. The number of carbonyl (C=O) groups excluding carboxylic acids is 1. The molecule has 112 valence electrons. The van der Waals surface area contributed by atoms with Crippen LogP contribution in [0.15, 0.2) is 18.2 Å². The van der Waals surface area contributed by atoms with Gasteiger partial charge in [0, 0.05) is 13.0 Å². The van der Waals surface area contributed by atoms with Gasteiger partial charge < -0.3 is 20.5 Å². The van der Waals surface area contributed by atoms with Crippen LogP contribution in [0.25, 0.3) is 0 Å². The molecule has 1 amide bonds. The molecular weight excluding hydrogens is 256 g/mol. The molecule has 0 aliphatic carbocycles. The molecule has 0 bridgehead atoms. The van der Waals surface area contributed by atoms with Crippen LogP contribution in [0.5, 0.6) is 11.5 Å². The van der Waals surface area contributed by atoms with E-state index >= 15 is 0 Å². The second kappa shape index (κ2) is 8.43. The third kappa shape index (κ3) is 4.74. The Hall–Kier alpha value is -1.75. The van der Waals surface area contributed by atoms with E-state index in [1.54, 1.807) is 0 Å². The molecule has 0 aliphatic rings. The molecule has 0 aromatic heterocycles. The van der Waals surface area contributed by atoms with Crippen LogP contribution in [0.2, 0.25) is 0 Å². The van der Waals surface area contributed by atoms with Crippen molar-refractivity contribution in [2.45, 2.75) is 33.2 Å². The lowest BCUT2D eigenvalue weighted by Crippen LogP contribution is -2.28. The Bertz CT molecular complexity index is 435. The van der Waals surface area contributed by atoms with E-state index in [2.05, 4.69) is 5.32 Å². The highest BCUT2D eigenvalue weighted by molar-refractivity contribution is 5.76. The monoisotopic (exact) mass is 280 g/mol. The van der Waals surface area contributed by atoms with Crippen molar-refractivity contribution in [3.63, 3.8) is 0 Å². The largest absolute Gasteiger partial charge is 0.490 e. The number of nitrogens with two attached hydrogens (primary N) is 1. The van der Waals surface area contributed by atoms with Gasteiger partial charge in [0.1, 0.15) is 0 Å². The Kier molecular flexibility index (Phi) is 6.87. The fourth-order valence-electron chi connectivity index (χ4n) is 1.87. The minimum absolute atomic E-state index is 0.0492. The summed E-state index contributed by atoms with van der Waals surface area (Å²) in [4.78, 5) is 11.6. The second-order valence-corrected chi connectivity index (χ2v) is 4.40. The summed E-state index contributed by atoms with van der Waals surface area (Å²) in [7, 11) is 0. The maximum absolute atomic E-state index is 11.6. The molecule has 1 atom stereocenters. The average molecular weight is 280 g/mol. The van der Waals surface area contributed by atoms with Gasteiger partial charge in [0.2, 0.25) is 5.91 Å². The Morgan fingerprint density at radius 1 is 1.25 bits per heavy atom. The Morgan fingerprint density at radius 3 is 2.50 bits per heavy atom. The van der Waals surface area contributed by atoms with Crippen LogP contribution in [0.1, 0.15) is 38.8 Å². The normalized spacial score (nSPS) is 11.8. The minimum atomic E-state index is -0.0936. The van der Waals surface area contributed by atoms with Gasteiger partial charge >= 0.3 is 0 Å². The highest BCUT2D eigenvalue weighted by atomic mass is 16.5. The molecule has 0 saturated heterocycles. The second-order valence-electron chi connectivity index (χ2n) is 4.40. The fraction of sp³-hybridized carbons (Fsp3) is 0.533. The van der Waals surface area contributed by atoms with Crippen LogP contribution < -0.4 is 20.5 Å². The molecule has 0 saturated carbocycles. The molecular formula is C15H24N2O3. The number of ether oxygens (including phenoxy) is 2. The van der Waals surface area contributed by atoms with E-state index in [0.717, 1.165) is 11.3 Å². The van der Waals surface area contributed by atoms with Crippen molar-refractivity contribution in [3.05, 3.63) is 23.8 Å². The van der Waals surface area contributed by atoms with Gasteiger partial charge in [-0.1, -0.05) is 6.07 Å². The van der Waals surface area contributed by atoms with Crippen LogP contribution in [-0.2, 0) is 4.79 Å². The van der Waals surface area contributed by atoms with E-state index in [1.807, 2.05) is 39.0 Å². The van der Waals surface area contributed by atoms with Crippen molar-refractivity contribution < 1.29 is 14.3 Å². The molecule has 1 unspecified atom stereocenters. The third-order valence-electron chi connectivity index (χ3n) is 2.82. The molecule has 0 aliphatic heterocycles. The number of carbonyl (C=O) groups is 1. The van der Waals surface area contributed by atoms with E-state index in [9.17, 15) is 4.79 Å². The number of amides is 1. The Labute approximate surface area is 120 Å². The van der Waals surface area contributed by atoms with Gasteiger partial charge in [0.25, 0.3) is 0 Å². The van der Waals surface area contributed by atoms with Crippen LogP contribution >= 0.6 is 0 Å². The van der Waals surface area contributed by atoms with Gasteiger partial charge in [-0.15, -0.1) is 0 Å². The first-order chi connectivity index (χ1) is 9.62. The molecule has 0 radical (unpaired) electrons. The van der Waals surface area contributed by atoms with Gasteiger partial charge in [-0.2, -0.15) is 0 Å². The van der Waals surface area contributed by atoms with E-state index < -0.39 is 0 Å². The number of rotatable bonds is 8. The lowest BCUT2D eigenvalue weighted by atomic mass is 10.1. The first-order valence-electron chi connectivity index (χ1n) is 7.01. The number of benzene rings is 1. The molecule has 1 rings (SSSR count). The average Bonchev–Trinajstić information content (AvgIpc) is 2.41. The van der Waals surface area contributed by atoms with Gasteiger partial charge in [-0.25, -0.2) is 0 Å². The maximum Gasteiger partial charge on any atom is 0.221 e. The Morgan fingerprint density at radius 2 is 1.90 bits per heavy atom. The van der Waals surface area contributed by atoms with E-state index in [1.165, 1.54) is 0 Å². The highest BCUT2D eigenvalue weighted by Crippen LogP contribution is 2.30. The molecule has 3 N–H and O–H groups in total. The standard InChI is InChI=1S/C15H24N2O3/c1-4-19-13-7-6-12(10-14(13)20-5-2)11(3)17-15(18)8-9-16/h6-7,10-11H,4-5,8-9,16H2,1-3H3,(H,17,18). The SMILES string of the molecule is CCOc1ccc(C(C)NC(=O)CCN)cc1OCC. The van der Waals surface area contributed by atoms with Gasteiger partial charge in [0.15, 0.2) is 11.5 Å². The van der Waals surface area contributed by atoms with E-state index in [0.29, 0.717) is 31.9 Å². The van der Waals surface area contributed by atoms with Crippen molar-refractivity contribution in [1.29, 1.82) is 0 Å². The van der Waals surface area contributed by atoms with Gasteiger partial charge in [-0.3, -0.25) is 4.79 Å². The zero-order valence-corrected chi connectivity index (χ0v) is 12.4. The van der Waals surface area contributed by atoms with E-state index in [4.69, 9.17) is 15.2 Å². The van der Waals surface area contributed by atoms with E-state index in [-0.39, 0.29) is 11.9 Å². The van der Waals surface area contributed by atoms with Crippen molar-refractivity contribution >= 4 is 5.91 Å². The summed E-state index contributed by atoms with van der Waals surface area (Å²) in [6.07, 6.45) is 0.333. The Balaban J connectivity index is 2.84. The van der Waals surface area contributed by atoms with Crippen LogP contribution in [0, 0.1) is 0 Å². The quantitative estimate of drug-likeness (QED) is 0.764. The number of hydrogen-bond donors (Lipinski definition) is 2. The van der Waals surface area contributed by atoms with Crippen LogP contribution in [0.4, 0.5) is 0 Å². The lowest BCUT2D eigenvalue weighted by Gasteiger charge is -2.17. The van der Waals surface area contributed by atoms with Crippen molar-refractivity contribution in [2.24, 2.45) is 5.73 Å². The molecule has 1 aromatic carbocycles. The smallest absolute Gasteiger partial charge is 0.221 e. The summed E-state index contributed by atoms with van der Waals surface area (Å²) < 4.78 is 11.1. The number of nitrogens with one attached hydrogen (secondary N) is 1. The summed E-state index contributed by atoms with van der Waals surface area (Å²) in [5.41, 5.74) is 6.34. The van der Waals surface area contributed by atoms with Crippen LogP contribution in [0.3, 0.4) is 0 Å².